The van der Waals surface area contributed by atoms with Gasteiger partial charge in [0.05, 0.1) is 18.0 Å². The number of hydrogen-bond acceptors (Lipinski definition) is 3. The summed E-state index contributed by atoms with van der Waals surface area (Å²) in [5, 5.41) is 9.33. The molecule has 0 saturated carbocycles. The maximum Gasteiger partial charge on any atom is 0.308 e. The van der Waals surface area contributed by atoms with Gasteiger partial charge in [0.25, 0.3) is 0 Å². The zero-order valence-electron chi connectivity index (χ0n) is 11.7. The SMILES string of the molecule is Cc1[nH]c2cc(OC(C)C)ccc2c(=O)c1CC(=O)O. The Labute approximate surface area is 116 Å². The number of carbonyl (C=O) groups is 1. The van der Waals surface area contributed by atoms with Crippen LogP contribution in [0.1, 0.15) is 25.1 Å². The smallest absolute Gasteiger partial charge is 0.308 e. The van der Waals surface area contributed by atoms with Gasteiger partial charge in [0.15, 0.2) is 5.43 Å². The largest absolute Gasteiger partial charge is 0.491 e. The number of aliphatic carboxylic acids is 1. The molecule has 5 heteroatoms. The highest BCUT2D eigenvalue weighted by molar-refractivity contribution is 5.82. The van der Waals surface area contributed by atoms with Crippen LogP contribution in [0.2, 0.25) is 0 Å². The Morgan fingerprint density at radius 2 is 2.10 bits per heavy atom. The van der Waals surface area contributed by atoms with Crippen molar-refractivity contribution in [3.8, 4) is 5.75 Å². The Bertz CT molecular complexity index is 716. The molecule has 20 heavy (non-hydrogen) atoms. The van der Waals surface area contributed by atoms with E-state index in [4.69, 9.17) is 9.84 Å². The number of nitrogens with one attached hydrogen (secondary N) is 1. The van der Waals surface area contributed by atoms with E-state index in [1.807, 2.05) is 13.8 Å². The summed E-state index contributed by atoms with van der Waals surface area (Å²) < 4.78 is 5.58. The fourth-order valence-corrected chi connectivity index (χ4v) is 2.14. The van der Waals surface area contributed by atoms with Crippen LogP contribution >= 0.6 is 0 Å². The van der Waals surface area contributed by atoms with Crippen molar-refractivity contribution in [2.75, 3.05) is 0 Å². The first-order valence-corrected chi connectivity index (χ1v) is 6.42. The van der Waals surface area contributed by atoms with Gasteiger partial charge in [-0.2, -0.15) is 0 Å². The molecule has 0 aliphatic heterocycles. The first-order chi connectivity index (χ1) is 9.38. The van der Waals surface area contributed by atoms with Gasteiger partial charge >= 0.3 is 5.97 Å². The second kappa shape index (κ2) is 5.36. The van der Waals surface area contributed by atoms with Crippen molar-refractivity contribution in [3.63, 3.8) is 0 Å². The topological polar surface area (TPSA) is 79.4 Å². The molecule has 0 radical (unpaired) electrons. The van der Waals surface area contributed by atoms with Crippen molar-refractivity contribution < 1.29 is 14.6 Å². The van der Waals surface area contributed by atoms with E-state index in [0.717, 1.165) is 0 Å². The summed E-state index contributed by atoms with van der Waals surface area (Å²) in [6.45, 7) is 5.55. The molecule has 0 unspecified atom stereocenters. The zero-order chi connectivity index (χ0) is 14.9. The van der Waals surface area contributed by atoms with Crippen LogP contribution in [-0.4, -0.2) is 22.2 Å². The molecule has 2 rings (SSSR count). The maximum atomic E-state index is 12.3. The summed E-state index contributed by atoms with van der Waals surface area (Å²) in [5.41, 5.74) is 1.28. The highest BCUT2D eigenvalue weighted by atomic mass is 16.5. The Kier molecular flexibility index (Phi) is 3.79. The van der Waals surface area contributed by atoms with Crippen LogP contribution in [0.3, 0.4) is 0 Å². The van der Waals surface area contributed by atoms with Crippen LogP contribution in [0.4, 0.5) is 0 Å². The predicted octanol–water partition coefficient (Wildman–Crippen LogP) is 2.25. The average molecular weight is 275 g/mol. The molecule has 5 nitrogen and oxygen atoms in total. The number of benzene rings is 1. The minimum atomic E-state index is -1.02. The lowest BCUT2D eigenvalue weighted by atomic mass is 10.1. The fraction of sp³-hybridized carbons (Fsp3) is 0.333. The van der Waals surface area contributed by atoms with Crippen molar-refractivity contribution >= 4 is 16.9 Å². The second-order valence-electron chi connectivity index (χ2n) is 5.00. The van der Waals surface area contributed by atoms with E-state index in [9.17, 15) is 9.59 Å². The third kappa shape index (κ3) is 2.82. The number of aromatic amines is 1. The minimum absolute atomic E-state index is 0.0477. The molecule has 0 saturated heterocycles. The van der Waals surface area contributed by atoms with Crippen LogP contribution in [0, 0.1) is 6.92 Å². The third-order valence-corrected chi connectivity index (χ3v) is 2.98. The Morgan fingerprint density at radius 1 is 1.40 bits per heavy atom. The van der Waals surface area contributed by atoms with Crippen LogP contribution in [0.25, 0.3) is 10.9 Å². The maximum absolute atomic E-state index is 12.3. The van der Waals surface area contributed by atoms with E-state index in [2.05, 4.69) is 4.98 Å². The van der Waals surface area contributed by atoms with Crippen LogP contribution < -0.4 is 10.2 Å². The quantitative estimate of drug-likeness (QED) is 0.897. The first kappa shape index (κ1) is 14.1. The van der Waals surface area contributed by atoms with Gasteiger partial charge in [-0.3, -0.25) is 9.59 Å². The molecule has 1 heterocycles. The van der Waals surface area contributed by atoms with Crippen molar-refractivity contribution in [1.29, 1.82) is 0 Å². The zero-order valence-corrected chi connectivity index (χ0v) is 11.7. The van der Waals surface area contributed by atoms with Crippen molar-refractivity contribution in [2.24, 2.45) is 0 Å². The molecule has 0 atom stereocenters. The van der Waals surface area contributed by atoms with Gasteiger partial charge in [0.1, 0.15) is 5.75 Å². The van der Waals surface area contributed by atoms with Crippen molar-refractivity contribution in [3.05, 3.63) is 39.7 Å². The van der Waals surface area contributed by atoms with Gasteiger partial charge in [-0.05, 0) is 32.9 Å². The van der Waals surface area contributed by atoms with Gasteiger partial charge in [-0.1, -0.05) is 0 Å². The molecule has 0 spiro atoms. The van der Waals surface area contributed by atoms with Crippen LogP contribution in [0.15, 0.2) is 23.0 Å². The number of pyridine rings is 1. The van der Waals surface area contributed by atoms with Gasteiger partial charge in [-0.25, -0.2) is 0 Å². The predicted molar refractivity (Wildman–Crippen MR) is 76.4 cm³/mol. The third-order valence-electron chi connectivity index (χ3n) is 2.98. The summed E-state index contributed by atoms with van der Waals surface area (Å²) in [4.78, 5) is 26.2. The molecule has 0 fully saturated rings. The van der Waals surface area contributed by atoms with E-state index in [1.54, 1.807) is 25.1 Å². The monoisotopic (exact) mass is 275 g/mol. The van der Waals surface area contributed by atoms with Gasteiger partial charge in [-0.15, -0.1) is 0 Å². The van der Waals surface area contributed by atoms with E-state index in [-0.39, 0.29) is 18.0 Å². The first-order valence-electron chi connectivity index (χ1n) is 6.42. The van der Waals surface area contributed by atoms with E-state index < -0.39 is 5.97 Å². The Morgan fingerprint density at radius 3 is 2.70 bits per heavy atom. The molecule has 1 aromatic heterocycles. The molecular weight excluding hydrogens is 258 g/mol. The molecule has 0 amide bonds. The Balaban J connectivity index is 2.58. The lowest BCUT2D eigenvalue weighted by Crippen LogP contribution is -2.17. The Hall–Kier alpha value is -2.30. The summed E-state index contributed by atoms with van der Waals surface area (Å²) in [7, 11) is 0. The number of aromatic nitrogens is 1. The lowest BCUT2D eigenvalue weighted by molar-refractivity contribution is -0.136. The summed E-state index contributed by atoms with van der Waals surface area (Å²) in [5.74, 6) is -0.341. The number of fused-ring (bicyclic) bond motifs is 1. The molecular formula is C15H17NO4. The number of H-pyrrole nitrogens is 1. The second-order valence-corrected chi connectivity index (χ2v) is 5.00. The highest BCUT2D eigenvalue weighted by Gasteiger charge is 2.13. The molecule has 2 aromatic rings. The molecule has 0 aliphatic rings. The number of ether oxygens (including phenoxy) is 1. The van der Waals surface area contributed by atoms with Gasteiger partial charge in [0, 0.05) is 22.7 Å². The molecule has 0 aliphatic carbocycles. The molecule has 1 aromatic carbocycles. The number of rotatable bonds is 4. The molecule has 2 N–H and O–H groups in total. The van der Waals surface area contributed by atoms with E-state index in [1.165, 1.54) is 0 Å². The normalized spacial score (nSPS) is 11.0. The highest BCUT2D eigenvalue weighted by Crippen LogP contribution is 2.19. The lowest BCUT2D eigenvalue weighted by Gasteiger charge is -2.11. The number of hydrogen-bond donors (Lipinski definition) is 2. The minimum Gasteiger partial charge on any atom is -0.491 e. The fourth-order valence-electron chi connectivity index (χ4n) is 2.14. The molecule has 106 valence electrons. The van der Waals surface area contributed by atoms with Crippen molar-refractivity contribution in [1.82, 2.24) is 4.98 Å². The van der Waals surface area contributed by atoms with E-state index in [0.29, 0.717) is 27.9 Å². The summed E-state index contributed by atoms with van der Waals surface area (Å²) in [6, 6.07) is 5.14. The van der Waals surface area contributed by atoms with Gasteiger partial charge < -0.3 is 14.8 Å². The van der Waals surface area contributed by atoms with Gasteiger partial charge in [0.2, 0.25) is 0 Å². The standard InChI is InChI=1S/C15H17NO4/c1-8(2)20-10-4-5-11-13(6-10)16-9(3)12(15(11)19)7-14(17)18/h4-6,8H,7H2,1-3H3,(H,16,19)(H,17,18). The molecule has 0 bridgehead atoms. The van der Waals surface area contributed by atoms with Crippen LogP contribution in [-0.2, 0) is 11.2 Å². The van der Waals surface area contributed by atoms with Crippen molar-refractivity contribution in [2.45, 2.75) is 33.3 Å². The van der Waals surface area contributed by atoms with E-state index >= 15 is 0 Å². The van der Waals surface area contributed by atoms with Crippen LogP contribution in [0.5, 0.6) is 5.75 Å². The average Bonchev–Trinajstić information content (AvgIpc) is 2.33. The summed E-state index contributed by atoms with van der Waals surface area (Å²) in [6.07, 6.45) is -0.229. The number of carboxylic acid groups (broad SMARTS) is 1. The summed E-state index contributed by atoms with van der Waals surface area (Å²) >= 11 is 0. The number of aryl methyl sites for hydroxylation is 1. The number of carboxylic acids is 1.